The number of nitrogens with one attached hydrogen (secondary N) is 1. The summed E-state index contributed by atoms with van der Waals surface area (Å²) >= 11 is 0. The number of phosphoric acid groups is 1. The smallest absolute Gasteiger partial charge is 0.365 e. The molecule has 0 aromatic carbocycles. The van der Waals surface area contributed by atoms with Crippen molar-refractivity contribution in [3.63, 3.8) is 0 Å². The van der Waals surface area contributed by atoms with Crippen LogP contribution in [0.4, 0.5) is 0 Å². The zero-order chi connectivity index (χ0) is 19.3. The Hall–Kier alpha value is -1.98. The van der Waals surface area contributed by atoms with E-state index in [0.29, 0.717) is 6.42 Å². The van der Waals surface area contributed by atoms with Gasteiger partial charge in [-0.3, -0.25) is 23.4 Å². The van der Waals surface area contributed by atoms with Gasteiger partial charge in [0.1, 0.15) is 18.9 Å². The predicted octanol–water partition coefficient (Wildman–Crippen LogP) is 0.629. The van der Waals surface area contributed by atoms with E-state index in [1.54, 1.807) is 6.92 Å². The highest BCUT2D eigenvalue weighted by Gasteiger charge is 2.49. The lowest BCUT2D eigenvalue weighted by atomic mass is 10.1. The summed E-state index contributed by atoms with van der Waals surface area (Å²) in [6.45, 7) is 1.30. The molecule has 14 heteroatoms. The highest BCUT2D eigenvalue weighted by atomic mass is 31.2. The SMILES string of the molecule is CC[C@H]1O[C@@H](n2ccc(=O)[nH]c2=O)[C@@H](OCN=[N+]=[N-])C1OP(=O)(O)OC. The minimum absolute atomic E-state index is 0.352. The summed E-state index contributed by atoms with van der Waals surface area (Å²) in [5.74, 6) is 0. The number of hydrogen-bond donors (Lipinski definition) is 2. The number of hydrogen-bond acceptors (Lipinski definition) is 8. The molecule has 0 saturated carbocycles. The number of azide groups is 1. The molecule has 0 spiro atoms. The molecule has 0 radical (unpaired) electrons. The molecule has 1 aromatic heterocycles. The Morgan fingerprint density at radius 2 is 2.23 bits per heavy atom. The molecule has 2 rings (SSSR count). The van der Waals surface area contributed by atoms with E-state index in [4.69, 9.17) is 19.5 Å². The van der Waals surface area contributed by atoms with Crippen LogP contribution >= 0.6 is 7.82 Å². The van der Waals surface area contributed by atoms with Gasteiger partial charge in [0.2, 0.25) is 0 Å². The van der Waals surface area contributed by atoms with E-state index in [-0.39, 0.29) is 0 Å². The third kappa shape index (κ3) is 4.59. The van der Waals surface area contributed by atoms with Gasteiger partial charge in [-0.1, -0.05) is 12.0 Å². The van der Waals surface area contributed by atoms with Gasteiger partial charge in [0.15, 0.2) is 6.23 Å². The second-order valence-corrected chi connectivity index (χ2v) is 6.72. The van der Waals surface area contributed by atoms with E-state index >= 15 is 0 Å². The number of aromatic nitrogens is 2. The van der Waals surface area contributed by atoms with E-state index in [9.17, 15) is 19.0 Å². The molecule has 1 aliphatic heterocycles. The van der Waals surface area contributed by atoms with Crippen LogP contribution < -0.4 is 11.2 Å². The standard InChI is InChI=1S/C12H18N5O8P/c1-3-7-9(25-26(20,21)22-2)10(23-6-14-16-13)11(24-7)17-5-4-8(18)15-12(17)19/h4-5,7,9-11H,3,6H2,1-2H3,(H,20,21)(H,15,18,19)/t7-,9?,10+,11-/m1/s1. The van der Waals surface area contributed by atoms with Crippen molar-refractivity contribution < 1.29 is 28.0 Å². The number of aromatic amines is 1. The van der Waals surface area contributed by atoms with Gasteiger partial charge in [-0.05, 0) is 12.0 Å². The Labute approximate surface area is 146 Å². The molecule has 1 saturated heterocycles. The molecule has 13 nitrogen and oxygen atoms in total. The topological polar surface area (TPSA) is 178 Å². The summed E-state index contributed by atoms with van der Waals surface area (Å²) < 4.78 is 33.6. The van der Waals surface area contributed by atoms with Crippen molar-refractivity contribution in [1.29, 1.82) is 0 Å². The molecule has 5 atom stereocenters. The van der Waals surface area contributed by atoms with Crippen LogP contribution in [0.1, 0.15) is 19.6 Å². The minimum atomic E-state index is -4.40. The zero-order valence-corrected chi connectivity index (χ0v) is 14.8. The van der Waals surface area contributed by atoms with Crippen molar-refractivity contribution in [3.05, 3.63) is 43.5 Å². The van der Waals surface area contributed by atoms with E-state index in [1.165, 1.54) is 6.20 Å². The Morgan fingerprint density at radius 3 is 2.81 bits per heavy atom. The maximum Gasteiger partial charge on any atom is 0.472 e. The van der Waals surface area contributed by atoms with E-state index in [0.717, 1.165) is 17.7 Å². The first kappa shape index (κ1) is 20.3. The molecule has 144 valence electrons. The maximum atomic E-state index is 12.1. The number of phosphoric ester groups is 1. The van der Waals surface area contributed by atoms with Gasteiger partial charge in [0.05, 0.1) is 6.10 Å². The van der Waals surface area contributed by atoms with Gasteiger partial charge in [0, 0.05) is 24.3 Å². The van der Waals surface area contributed by atoms with Crippen LogP contribution in [0.2, 0.25) is 0 Å². The molecule has 1 aliphatic rings. The quantitative estimate of drug-likeness (QED) is 0.280. The summed E-state index contributed by atoms with van der Waals surface area (Å²) in [4.78, 5) is 37.6. The number of ether oxygens (including phenoxy) is 2. The number of rotatable bonds is 8. The van der Waals surface area contributed by atoms with Crippen molar-refractivity contribution in [2.45, 2.75) is 37.9 Å². The fourth-order valence-corrected chi connectivity index (χ4v) is 3.18. The molecule has 0 aliphatic carbocycles. The molecule has 2 heterocycles. The van der Waals surface area contributed by atoms with Gasteiger partial charge < -0.3 is 14.4 Å². The Kier molecular flexibility index (Phi) is 6.73. The summed E-state index contributed by atoms with van der Waals surface area (Å²) in [5, 5.41) is 3.24. The lowest BCUT2D eigenvalue weighted by molar-refractivity contribution is -0.0687. The van der Waals surface area contributed by atoms with Gasteiger partial charge in [0.25, 0.3) is 5.56 Å². The highest BCUT2D eigenvalue weighted by Crippen LogP contribution is 2.48. The molecular formula is C12H18N5O8P. The van der Waals surface area contributed by atoms with Crippen molar-refractivity contribution in [2.75, 3.05) is 13.8 Å². The molecule has 0 amide bonds. The van der Waals surface area contributed by atoms with Crippen molar-refractivity contribution in [3.8, 4) is 0 Å². The van der Waals surface area contributed by atoms with Gasteiger partial charge in [-0.2, -0.15) is 0 Å². The number of nitrogens with zero attached hydrogens (tertiary/aromatic N) is 4. The van der Waals surface area contributed by atoms with Gasteiger partial charge in [-0.25, -0.2) is 9.36 Å². The van der Waals surface area contributed by atoms with Crippen molar-refractivity contribution in [2.24, 2.45) is 5.11 Å². The first-order valence-electron chi connectivity index (χ1n) is 7.49. The molecule has 1 aromatic rings. The van der Waals surface area contributed by atoms with Gasteiger partial charge >= 0.3 is 13.5 Å². The largest absolute Gasteiger partial charge is 0.472 e. The molecule has 2 unspecified atom stereocenters. The second kappa shape index (κ2) is 8.60. The molecule has 26 heavy (non-hydrogen) atoms. The highest BCUT2D eigenvalue weighted by molar-refractivity contribution is 7.47. The van der Waals surface area contributed by atoms with Gasteiger partial charge in [-0.15, -0.1) is 0 Å². The molecule has 2 N–H and O–H groups in total. The summed E-state index contributed by atoms with van der Waals surface area (Å²) in [6, 6.07) is 1.11. The summed E-state index contributed by atoms with van der Waals surface area (Å²) in [6.07, 6.45) is -2.48. The lowest BCUT2D eigenvalue weighted by Gasteiger charge is -2.25. The van der Waals surface area contributed by atoms with E-state index in [1.807, 2.05) is 0 Å². The second-order valence-electron chi connectivity index (χ2n) is 5.20. The Morgan fingerprint density at radius 1 is 1.50 bits per heavy atom. The zero-order valence-electron chi connectivity index (χ0n) is 13.9. The normalized spacial score (nSPS) is 27.7. The lowest BCUT2D eigenvalue weighted by Crippen LogP contribution is -2.40. The Bertz CT molecular complexity index is 833. The van der Waals surface area contributed by atoms with Crippen LogP contribution in [-0.2, 0) is 23.1 Å². The average Bonchev–Trinajstić information content (AvgIpc) is 2.92. The fourth-order valence-electron chi connectivity index (χ4n) is 2.53. The van der Waals surface area contributed by atoms with Crippen LogP contribution in [0, 0.1) is 0 Å². The monoisotopic (exact) mass is 391 g/mol. The average molecular weight is 391 g/mol. The van der Waals surface area contributed by atoms with E-state index in [2.05, 4.69) is 19.5 Å². The number of H-pyrrole nitrogens is 1. The summed E-state index contributed by atoms with van der Waals surface area (Å²) in [5.41, 5.74) is 7.03. The first-order chi connectivity index (χ1) is 12.3. The van der Waals surface area contributed by atoms with Crippen molar-refractivity contribution >= 4 is 7.82 Å². The first-order valence-corrected chi connectivity index (χ1v) is 8.98. The van der Waals surface area contributed by atoms with Crippen LogP contribution in [0.5, 0.6) is 0 Å². The van der Waals surface area contributed by atoms with Crippen LogP contribution in [0.25, 0.3) is 10.4 Å². The van der Waals surface area contributed by atoms with E-state index < -0.39 is 50.3 Å². The third-order valence-corrected chi connectivity index (χ3v) is 4.66. The summed E-state index contributed by atoms with van der Waals surface area (Å²) in [7, 11) is -3.40. The van der Waals surface area contributed by atoms with Crippen LogP contribution in [0.15, 0.2) is 27.0 Å². The van der Waals surface area contributed by atoms with Crippen LogP contribution in [-0.4, -0.2) is 46.6 Å². The Balaban J connectivity index is 2.41. The van der Waals surface area contributed by atoms with Crippen molar-refractivity contribution in [1.82, 2.24) is 9.55 Å². The third-order valence-electron chi connectivity index (χ3n) is 3.69. The minimum Gasteiger partial charge on any atom is -0.365 e. The molecule has 1 fully saturated rings. The predicted molar refractivity (Wildman–Crippen MR) is 86.1 cm³/mol. The van der Waals surface area contributed by atoms with Crippen LogP contribution in [0.3, 0.4) is 0 Å². The molecular weight excluding hydrogens is 373 g/mol. The fraction of sp³-hybridized carbons (Fsp3) is 0.667. The molecule has 0 bridgehead atoms. The maximum absolute atomic E-state index is 12.1.